The third-order valence-corrected chi connectivity index (χ3v) is 4.26. The summed E-state index contributed by atoms with van der Waals surface area (Å²) in [6.45, 7) is 4.01. The lowest BCUT2D eigenvalue weighted by Crippen LogP contribution is -2.36. The van der Waals surface area contributed by atoms with Crippen LogP contribution < -0.4 is 5.32 Å². The molecule has 1 aliphatic carbocycles. The van der Waals surface area contributed by atoms with Crippen molar-refractivity contribution >= 4 is 16.7 Å². The van der Waals surface area contributed by atoms with Crippen molar-refractivity contribution in [2.75, 3.05) is 18.9 Å². The second kappa shape index (κ2) is 5.80. The van der Waals surface area contributed by atoms with Crippen molar-refractivity contribution in [2.45, 2.75) is 38.8 Å². The Morgan fingerprint density at radius 1 is 1.30 bits per heavy atom. The molecule has 0 unspecified atom stereocenters. The Morgan fingerprint density at radius 3 is 2.80 bits per heavy atom. The lowest BCUT2D eigenvalue weighted by Gasteiger charge is -2.35. The van der Waals surface area contributed by atoms with E-state index in [9.17, 15) is 0 Å². The summed E-state index contributed by atoms with van der Waals surface area (Å²) in [6, 6.07) is 11.4. The number of rotatable bonds is 5. The van der Waals surface area contributed by atoms with Crippen molar-refractivity contribution in [1.29, 1.82) is 0 Å². The fourth-order valence-electron chi connectivity index (χ4n) is 2.83. The molecule has 0 bridgehead atoms. The van der Waals surface area contributed by atoms with E-state index in [0.717, 1.165) is 30.5 Å². The summed E-state index contributed by atoms with van der Waals surface area (Å²) in [5, 5.41) is 4.64. The average Bonchev–Trinajstić information content (AvgIpc) is 2.37. The molecule has 3 nitrogen and oxygen atoms in total. The predicted molar refractivity (Wildman–Crippen MR) is 85.0 cm³/mol. The van der Waals surface area contributed by atoms with Gasteiger partial charge < -0.3 is 5.32 Å². The number of pyridine rings is 1. The summed E-state index contributed by atoms with van der Waals surface area (Å²) in [5.74, 6) is 1.04. The maximum absolute atomic E-state index is 4.78. The van der Waals surface area contributed by atoms with Crippen LogP contribution in [0.25, 0.3) is 10.9 Å². The van der Waals surface area contributed by atoms with Crippen LogP contribution in [-0.2, 0) is 6.54 Å². The van der Waals surface area contributed by atoms with Gasteiger partial charge in [-0.15, -0.1) is 0 Å². The highest BCUT2D eigenvalue weighted by atomic mass is 15.1. The first-order valence-electron chi connectivity index (χ1n) is 7.60. The third kappa shape index (κ3) is 2.63. The zero-order valence-corrected chi connectivity index (χ0v) is 12.4. The minimum Gasteiger partial charge on any atom is -0.370 e. The highest BCUT2D eigenvalue weighted by Gasteiger charge is 2.22. The highest BCUT2D eigenvalue weighted by Crippen LogP contribution is 2.27. The first-order chi connectivity index (χ1) is 9.78. The number of para-hydroxylation sites is 1. The van der Waals surface area contributed by atoms with E-state index in [2.05, 4.69) is 48.5 Å². The monoisotopic (exact) mass is 269 g/mol. The largest absolute Gasteiger partial charge is 0.370 e. The van der Waals surface area contributed by atoms with E-state index in [0.29, 0.717) is 0 Å². The van der Waals surface area contributed by atoms with Gasteiger partial charge in [0.2, 0.25) is 0 Å². The van der Waals surface area contributed by atoms with Crippen molar-refractivity contribution in [1.82, 2.24) is 9.88 Å². The standard InChI is InChI=1S/C17H23N3/c1-3-18-17-14(12-20(2)15-8-6-9-15)11-13-7-4-5-10-16(13)19-17/h4-5,7,10-11,15H,3,6,8-9,12H2,1-2H3,(H,18,19). The number of hydrogen-bond acceptors (Lipinski definition) is 3. The Balaban J connectivity index is 1.91. The molecule has 1 heterocycles. The van der Waals surface area contributed by atoms with E-state index in [1.807, 2.05) is 6.07 Å². The number of hydrogen-bond donors (Lipinski definition) is 1. The summed E-state index contributed by atoms with van der Waals surface area (Å²) in [6.07, 6.45) is 4.06. The summed E-state index contributed by atoms with van der Waals surface area (Å²) in [7, 11) is 2.23. The molecule has 0 spiro atoms. The highest BCUT2D eigenvalue weighted by molar-refractivity contribution is 5.81. The molecule has 1 saturated carbocycles. The molecule has 3 heteroatoms. The van der Waals surface area contributed by atoms with Gasteiger partial charge in [0, 0.05) is 30.1 Å². The summed E-state index contributed by atoms with van der Waals surface area (Å²) in [5.41, 5.74) is 2.37. The van der Waals surface area contributed by atoms with Crippen LogP contribution in [0.4, 0.5) is 5.82 Å². The number of nitrogens with one attached hydrogen (secondary N) is 1. The molecule has 0 aliphatic heterocycles. The van der Waals surface area contributed by atoms with Gasteiger partial charge in [-0.05, 0) is 38.9 Å². The molecule has 1 aromatic heterocycles. The van der Waals surface area contributed by atoms with E-state index in [-0.39, 0.29) is 0 Å². The van der Waals surface area contributed by atoms with E-state index < -0.39 is 0 Å². The van der Waals surface area contributed by atoms with Crippen molar-refractivity contribution in [3.63, 3.8) is 0 Å². The predicted octanol–water partition coefficient (Wildman–Crippen LogP) is 3.65. The van der Waals surface area contributed by atoms with Gasteiger partial charge in [0.25, 0.3) is 0 Å². The molecule has 20 heavy (non-hydrogen) atoms. The topological polar surface area (TPSA) is 28.2 Å². The molecule has 106 valence electrons. The van der Waals surface area contributed by atoms with E-state index >= 15 is 0 Å². The van der Waals surface area contributed by atoms with Crippen LogP contribution in [0.1, 0.15) is 31.7 Å². The van der Waals surface area contributed by atoms with Crippen LogP contribution in [0.3, 0.4) is 0 Å². The van der Waals surface area contributed by atoms with E-state index in [4.69, 9.17) is 4.98 Å². The first-order valence-corrected chi connectivity index (χ1v) is 7.60. The van der Waals surface area contributed by atoms with Gasteiger partial charge in [-0.25, -0.2) is 4.98 Å². The second-order valence-electron chi connectivity index (χ2n) is 5.72. The molecular weight excluding hydrogens is 246 g/mol. The van der Waals surface area contributed by atoms with Crippen LogP contribution in [0, 0.1) is 0 Å². The Kier molecular flexibility index (Phi) is 3.88. The molecule has 1 aliphatic rings. The van der Waals surface area contributed by atoms with Crippen LogP contribution in [0.2, 0.25) is 0 Å². The average molecular weight is 269 g/mol. The third-order valence-electron chi connectivity index (χ3n) is 4.26. The SMILES string of the molecule is CCNc1nc2ccccc2cc1CN(C)C1CCC1. The van der Waals surface area contributed by atoms with Gasteiger partial charge in [0.05, 0.1) is 5.52 Å². The van der Waals surface area contributed by atoms with Gasteiger partial charge in [0.1, 0.15) is 5.82 Å². The minimum atomic E-state index is 0.760. The lowest BCUT2D eigenvalue weighted by atomic mass is 9.91. The Hall–Kier alpha value is -1.61. The van der Waals surface area contributed by atoms with Gasteiger partial charge in [0.15, 0.2) is 0 Å². The molecule has 0 radical (unpaired) electrons. The van der Waals surface area contributed by atoms with Crippen LogP contribution in [0.5, 0.6) is 0 Å². The normalized spacial score (nSPS) is 15.6. The van der Waals surface area contributed by atoms with Crippen LogP contribution >= 0.6 is 0 Å². The van der Waals surface area contributed by atoms with Crippen LogP contribution in [0.15, 0.2) is 30.3 Å². The van der Waals surface area contributed by atoms with Crippen LogP contribution in [-0.4, -0.2) is 29.5 Å². The molecule has 3 rings (SSSR count). The Morgan fingerprint density at radius 2 is 2.10 bits per heavy atom. The zero-order valence-electron chi connectivity index (χ0n) is 12.4. The van der Waals surface area contributed by atoms with Gasteiger partial charge in [-0.1, -0.05) is 24.6 Å². The molecular formula is C17H23N3. The summed E-state index contributed by atoms with van der Waals surface area (Å²) >= 11 is 0. The smallest absolute Gasteiger partial charge is 0.131 e. The maximum atomic E-state index is 4.78. The maximum Gasteiger partial charge on any atom is 0.131 e. The number of nitrogens with zero attached hydrogens (tertiary/aromatic N) is 2. The summed E-state index contributed by atoms with van der Waals surface area (Å²) in [4.78, 5) is 7.25. The van der Waals surface area contributed by atoms with Crippen molar-refractivity contribution < 1.29 is 0 Å². The molecule has 0 amide bonds. The molecule has 1 N–H and O–H groups in total. The van der Waals surface area contributed by atoms with Crippen molar-refractivity contribution in [3.05, 3.63) is 35.9 Å². The molecule has 2 aromatic rings. The molecule has 0 atom stereocenters. The van der Waals surface area contributed by atoms with Gasteiger partial charge in [-0.3, -0.25) is 4.90 Å². The van der Waals surface area contributed by atoms with Crippen molar-refractivity contribution in [2.24, 2.45) is 0 Å². The van der Waals surface area contributed by atoms with E-state index in [1.54, 1.807) is 0 Å². The van der Waals surface area contributed by atoms with Gasteiger partial charge >= 0.3 is 0 Å². The molecule has 1 aromatic carbocycles. The number of fused-ring (bicyclic) bond motifs is 1. The minimum absolute atomic E-state index is 0.760. The Labute approximate surface area is 121 Å². The summed E-state index contributed by atoms with van der Waals surface area (Å²) < 4.78 is 0. The molecule has 1 fully saturated rings. The fraction of sp³-hybridized carbons (Fsp3) is 0.471. The number of benzene rings is 1. The quantitative estimate of drug-likeness (QED) is 0.898. The van der Waals surface area contributed by atoms with Gasteiger partial charge in [-0.2, -0.15) is 0 Å². The fourth-order valence-corrected chi connectivity index (χ4v) is 2.83. The van der Waals surface area contributed by atoms with E-state index in [1.165, 1.54) is 30.2 Å². The number of aromatic nitrogens is 1. The second-order valence-corrected chi connectivity index (χ2v) is 5.72. The molecule has 0 saturated heterocycles. The zero-order chi connectivity index (χ0) is 13.9. The number of anilines is 1. The Bertz CT molecular complexity index is 590. The van der Waals surface area contributed by atoms with Crippen molar-refractivity contribution in [3.8, 4) is 0 Å². The lowest BCUT2D eigenvalue weighted by molar-refractivity contribution is 0.153. The first kappa shape index (κ1) is 13.4.